The summed E-state index contributed by atoms with van der Waals surface area (Å²) in [5.41, 5.74) is 0.873. The third-order valence-electron chi connectivity index (χ3n) is 5.50. The molecule has 2 heterocycles. The first-order valence-electron chi connectivity index (χ1n) is 9.90. The smallest absolute Gasteiger partial charge is 0.261 e. The van der Waals surface area contributed by atoms with E-state index in [1.165, 1.54) is 12.1 Å². The van der Waals surface area contributed by atoms with Gasteiger partial charge in [-0.1, -0.05) is 12.1 Å². The number of hydrogen-bond acceptors (Lipinski definition) is 6. The van der Waals surface area contributed by atoms with Crippen molar-refractivity contribution in [3.63, 3.8) is 0 Å². The Labute approximate surface area is 178 Å². The average Bonchev–Trinajstić information content (AvgIpc) is 3.01. The first-order valence-corrected chi connectivity index (χ1v) is 9.90. The lowest BCUT2D eigenvalue weighted by molar-refractivity contribution is -0.132. The quantitative estimate of drug-likeness (QED) is 0.710. The zero-order valence-corrected chi connectivity index (χ0v) is 16.7. The van der Waals surface area contributed by atoms with Crippen LogP contribution in [0.1, 0.15) is 37.5 Å². The number of imide groups is 1. The Balaban J connectivity index is 1.30. The minimum absolute atomic E-state index is 0.00684. The number of amides is 4. The van der Waals surface area contributed by atoms with Gasteiger partial charge in [0.1, 0.15) is 11.5 Å². The predicted molar refractivity (Wildman–Crippen MR) is 109 cm³/mol. The largest absolute Gasteiger partial charge is 0.508 e. The van der Waals surface area contributed by atoms with Crippen molar-refractivity contribution in [1.29, 1.82) is 0 Å². The molecule has 0 saturated carbocycles. The van der Waals surface area contributed by atoms with E-state index >= 15 is 0 Å². The van der Waals surface area contributed by atoms with Crippen molar-refractivity contribution in [3.05, 3.63) is 59.2 Å². The second-order valence-electron chi connectivity index (χ2n) is 7.47. The van der Waals surface area contributed by atoms with Crippen LogP contribution in [0.25, 0.3) is 0 Å². The summed E-state index contributed by atoms with van der Waals surface area (Å²) in [7, 11) is 0. The van der Waals surface area contributed by atoms with E-state index in [1.807, 2.05) is 0 Å². The third kappa shape index (κ3) is 3.94. The zero-order chi connectivity index (χ0) is 22.1. The molecule has 2 aromatic carbocycles. The van der Waals surface area contributed by atoms with Crippen molar-refractivity contribution >= 4 is 23.6 Å². The van der Waals surface area contributed by atoms with Gasteiger partial charge in [-0.15, -0.1) is 0 Å². The number of hydrogen-bond donors (Lipinski definition) is 2. The summed E-state index contributed by atoms with van der Waals surface area (Å²) in [6.07, 6.45) is 0.0137. The highest BCUT2D eigenvalue weighted by Gasteiger charge is 2.35. The standard InChI is InChI=1S/C22H21N3O6/c26-15-11-14(12-16(27)13-15)20(29)24-9-7-23(8-10-24)19(28)5-6-25-21(30)17-3-1-2-4-18(17)22(25)31/h1-4,11-13,26-27H,5-10H2. The number of carbonyl (C=O) groups is 4. The number of nitrogens with zero attached hydrogens (tertiary/aromatic N) is 3. The second kappa shape index (κ2) is 8.10. The molecule has 4 rings (SSSR count). The van der Waals surface area contributed by atoms with E-state index in [2.05, 4.69) is 0 Å². The third-order valence-corrected chi connectivity index (χ3v) is 5.50. The number of piperazine rings is 1. The number of carbonyl (C=O) groups excluding carboxylic acids is 4. The van der Waals surface area contributed by atoms with Gasteiger partial charge in [0.05, 0.1) is 11.1 Å². The molecule has 0 aliphatic carbocycles. The van der Waals surface area contributed by atoms with E-state index in [1.54, 1.807) is 34.1 Å². The zero-order valence-electron chi connectivity index (χ0n) is 16.7. The van der Waals surface area contributed by atoms with Crippen molar-refractivity contribution < 1.29 is 29.4 Å². The van der Waals surface area contributed by atoms with Crippen LogP contribution >= 0.6 is 0 Å². The fourth-order valence-electron chi connectivity index (χ4n) is 3.87. The molecule has 1 saturated heterocycles. The van der Waals surface area contributed by atoms with Crippen LogP contribution in [-0.2, 0) is 4.79 Å². The number of phenols is 2. The van der Waals surface area contributed by atoms with Crippen LogP contribution in [0.15, 0.2) is 42.5 Å². The van der Waals surface area contributed by atoms with Crippen LogP contribution in [-0.4, -0.2) is 81.3 Å². The van der Waals surface area contributed by atoms with E-state index in [4.69, 9.17) is 0 Å². The number of rotatable bonds is 4. The summed E-state index contributed by atoms with van der Waals surface area (Å²) in [5, 5.41) is 19.1. The molecule has 9 nitrogen and oxygen atoms in total. The summed E-state index contributed by atoms with van der Waals surface area (Å²) in [6, 6.07) is 10.3. The minimum Gasteiger partial charge on any atom is -0.508 e. The van der Waals surface area contributed by atoms with Crippen LogP contribution in [0.4, 0.5) is 0 Å². The van der Waals surface area contributed by atoms with Crippen LogP contribution in [0.2, 0.25) is 0 Å². The molecule has 0 unspecified atom stereocenters. The highest BCUT2D eigenvalue weighted by molar-refractivity contribution is 6.21. The van der Waals surface area contributed by atoms with Crippen LogP contribution < -0.4 is 0 Å². The first kappa shape index (κ1) is 20.4. The lowest BCUT2D eigenvalue weighted by atomic mass is 10.1. The summed E-state index contributed by atoms with van der Waals surface area (Å²) in [4.78, 5) is 54.2. The molecule has 31 heavy (non-hydrogen) atoms. The number of benzene rings is 2. The van der Waals surface area contributed by atoms with Gasteiger partial charge in [0.25, 0.3) is 17.7 Å². The molecular weight excluding hydrogens is 402 g/mol. The number of fused-ring (bicyclic) bond motifs is 1. The molecule has 0 atom stereocenters. The monoisotopic (exact) mass is 423 g/mol. The molecule has 0 radical (unpaired) electrons. The number of aromatic hydroxyl groups is 2. The molecule has 1 fully saturated rings. The SMILES string of the molecule is O=C(CCN1C(=O)c2ccccc2C1=O)N1CCN(C(=O)c2cc(O)cc(O)c2)CC1. The Bertz CT molecular complexity index is 1020. The Kier molecular flexibility index (Phi) is 5.33. The van der Waals surface area contributed by atoms with E-state index in [-0.39, 0.29) is 41.8 Å². The fraction of sp³-hybridized carbons (Fsp3) is 0.273. The van der Waals surface area contributed by atoms with Crippen LogP contribution in [0, 0.1) is 0 Å². The molecule has 2 aliphatic rings. The van der Waals surface area contributed by atoms with Crippen molar-refractivity contribution in [2.75, 3.05) is 32.7 Å². The van der Waals surface area contributed by atoms with E-state index in [0.29, 0.717) is 37.3 Å². The van der Waals surface area contributed by atoms with Gasteiger partial charge in [-0.05, 0) is 24.3 Å². The lowest BCUT2D eigenvalue weighted by Gasteiger charge is -2.35. The molecular formula is C22H21N3O6. The van der Waals surface area contributed by atoms with Crippen molar-refractivity contribution in [2.24, 2.45) is 0 Å². The minimum atomic E-state index is -0.391. The van der Waals surface area contributed by atoms with Gasteiger partial charge in [-0.3, -0.25) is 24.1 Å². The highest BCUT2D eigenvalue weighted by Crippen LogP contribution is 2.23. The molecule has 2 N–H and O–H groups in total. The Morgan fingerprint density at radius 2 is 1.32 bits per heavy atom. The normalized spacial score (nSPS) is 15.9. The summed E-state index contributed by atoms with van der Waals surface area (Å²) < 4.78 is 0. The topological polar surface area (TPSA) is 118 Å². The Morgan fingerprint density at radius 1 is 0.806 bits per heavy atom. The van der Waals surface area contributed by atoms with Gasteiger partial charge >= 0.3 is 0 Å². The van der Waals surface area contributed by atoms with E-state index in [0.717, 1.165) is 11.0 Å². The predicted octanol–water partition coefficient (Wildman–Crippen LogP) is 1.07. The molecule has 0 spiro atoms. The second-order valence-corrected chi connectivity index (χ2v) is 7.47. The Morgan fingerprint density at radius 3 is 1.87 bits per heavy atom. The average molecular weight is 423 g/mol. The molecule has 9 heteroatoms. The van der Waals surface area contributed by atoms with Gasteiger partial charge in [0.15, 0.2) is 0 Å². The van der Waals surface area contributed by atoms with Gasteiger partial charge in [0, 0.05) is 50.8 Å². The summed E-state index contributed by atoms with van der Waals surface area (Å²) in [6.45, 7) is 1.24. The van der Waals surface area contributed by atoms with Gasteiger partial charge in [0.2, 0.25) is 5.91 Å². The van der Waals surface area contributed by atoms with E-state index in [9.17, 15) is 29.4 Å². The van der Waals surface area contributed by atoms with E-state index < -0.39 is 11.8 Å². The summed E-state index contributed by atoms with van der Waals surface area (Å²) >= 11 is 0. The van der Waals surface area contributed by atoms with Gasteiger partial charge in [-0.2, -0.15) is 0 Å². The molecule has 4 amide bonds. The molecule has 2 aliphatic heterocycles. The van der Waals surface area contributed by atoms with Gasteiger partial charge in [-0.25, -0.2) is 0 Å². The maximum absolute atomic E-state index is 12.6. The first-order chi connectivity index (χ1) is 14.8. The van der Waals surface area contributed by atoms with Crippen LogP contribution in [0.3, 0.4) is 0 Å². The maximum Gasteiger partial charge on any atom is 0.261 e. The molecule has 0 bridgehead atoms. The summed E-state index contributed by atoms with van der Waals surface area (Å²) in [5.74, 6) is -1.73. The highest BCUT2D eigenvalue weighted by atomic mass is 16.3. The Hall–Kier alpha value is -3.88. The molecule has 0 aromatic heterocycles. The van der Waals surface area contributed by atoms with Gasteiger partial charge < -0.3 is 20.0 Å². The molecule has 160 valence electrons. The molecule has 2 aromatic rings. The fourth-order valence-corrected chi connectivity index (χ4v) is 3.87. The van der Waals surface area contributed by atoms with Crippen LogP contribution in [0.5, 0.6) is 11.5 Å². The maximum atomic E-state index is 12.6. The van der Waals surface area contributed by atoms with Crippen molar-refractivity contribution in [3.8, 4) is 11.5 Å². The van der Waals surface area contributed by atoms with Crippen molar-refractivity contribution in [2.45, 2.75) is 6.42 Å². The van der Waals surface area contributed by atoms with Crippen molar-refractivity contribution in [1.82, 2.24) is 14.7 Å². The number of phenolic OH excluding ortho intramolecular Hbond substituents is 2. The lowest BCUT2D eigenvalue weighted by Crippen LogP contribution is -2.51.